The van der Waals surface area contributed by atoms with Crippen LogP contribution in [0.3, 0.4) is 0 Å². The van der Waals surface area contributed by atoms with Gasteiger partial charge in [0.1, 0.15) is 18.5 Å². The molecule has 1 N–H and O–H groups in total. The van der Waals surface area contributed by atoms with E-state index in [1.165, 1.54) is 16.7 Å². The van der Waals surface area contributed by atoms with Crippen LogP contribution in [0.4, 0.5) is 0 Å². The second kappa shape index (κ2) is 9.86. The topological polar surface area (TPSA) is 51.2 Å². The van der Waals surface area contributed by atoms with Crippen LogP contribution in [0.15, 0.2) is 66.7 Å². The first kappa shape index (κ1) is 21.2. The van der Waals surface area contributed by atoms with Crippen molar-refractivity contribution < 1.29 is 19.3 Å². The largest absolute Gasteiger partial charge is 0.493 e. The Bertz CT molecular complexity index is 988. The summed E-state index contributed by atoms with van der Waals surface area (Å²) in [5.41, 5.74) is 4.81. The Morgan fingerprint density at radius 1 is 0.871 bits per heavy atom. The van der Waals surface area contributed by atoms with Gasteiger partial charge >= 0.3 is 0 Å². The van der Waals surface area contributed by atoms with Crippen molar-refractivity contribution >= 4 is 0 Å². The zero-order valence-corrected chi connectivity index (χ0v) is 18.1. The van der Waals surface area contributed by atoms with E-state index in [-0.39, 0.29) is 6.61 Å². The fourth-order valence-corrected chi connectivity index (χ4v) is 4.01. The summed E-state index contributed by atoms with van der Waals surface area (Å²) in [5.74, 6) is 2.27. The van der Waals surface area contributed by atoms with Gasteiger partial charge in [0.15, 0.2) is 11.5 Å². The highest BCUT2D eigenvalue weighted by atomic mass is 16.5. The molecule has 162 valence electrons. The molecule has 0 saturated heterocycles. The molecular formula is C26H29NO4. The maximum Gasteiger partial charge on any atom is 0.161 e. The minimum Gasteiger partial charge on any atom is -0.493 e. The Morgan fingerprint density at radius 2 is 1.52 bits per heavy atom. The maximum atomic E-state index is 10.5. The number of hydrogen-bond donors (Lipinski definition) is 1. The van der Waals surface area contributed by atoms with Gasteiger partial charge in [0.25, 0.3) is 0 Å². The van der Waals surface area contributed by atoms with Gasteiger partial charge in [-0.1, -0.05) is 42.5 Å². The predicted molar refractivity (Wildman–Crippen MR) is 122 cm³/mol. The lowest BCUT2D eigenvalue weighted by atomic mass is 9.98. The summed E-state index contributed by atoms with van der Waals surface area (Å²) >= 11 is 0. The molecule has 0 unspecified atom stereocenters. The third kappa shape index (κ3) is 5.19. The summed E-state index contributed by atoms with van der Waals surface area (Å²) in [7, 11) is 3.31. The van der Waals surface area contributed by atoms with Gasteiger partial charge in [-0.15, -0.1) is 0 Å². The van der Waals surface area contributed by atoms with Crippen LogP contribution in [0.1, 0.15) is 11.1 Å². The van der Waals surface area contributed by atoms with Gasteiger partial charge in [0.05, 0.1) is 14.2 Å². The molecule has 3 aromatic carbocycles. The third-order valence-corrected chi connectivity index (χ3v) is 5.67. The summed E-state index contributed by atoms with van der Waals surface area (Å²) in [6.45, 7) is 2.50. The number of β-amino-alcohol motifs (C(OH)–C–C–N with tert-alkyl or cyclic N) is 1. The van der Waals surface area contributed by atoms with E-state index >= 15 is 0 Å². The van der Waals surface area contributed by atoms with Crippen molar-refractivity contribution in [3.8, 4) is 28.4 Å². The van der Waals surface area contributed by atoms with Crippen molar-refractivity contribution in [1.82, 2.24) is 4.90 Å². The zero-order chi connectivity index (χ0) is 21.6. The van der Waals surface area contributed by atoms with Crippen LogP contribution in [-0.2, 0) is 13.0 Å². The number of rotatable bonds is 8. The van der Waals surface area contributed by atoms with Crippen molar-refractivity contribution in [2.45, 2.75) is 19.1 Å². The zero-order valence-electron chi connectivity index (χ0n) is 18.1. The molecular weight excluding hydrogens is 390 g/mol. The molecule has 3 aromatic rings. The van der Waals surface area contributed by atoms with E-state index < -0.39 is 6.10 Å². The molecule has 1 atom stereocenters. The van der Waals surface area contributed by atoms with Crippen molar-refractivity contribution in [2.24, 2.45) is 0 Å². The van der Waals surface area contributed by atoms with Crippen molar-refractivity contribution in [1.29, 1.82) is 0 Å². The smallest absolute Gasteiger partial charge is 0.161 e. The Kier molecular flexibility index (Phi) is 6.75. The maximum absolute atomic E-state index is 10.5. The number of methoxy groups -OCH3 is 2. The number of benzene rings is 3. The summed E-state index contributed by atoms with van der Waals surface area (Å²) < 4.78 is 16.7. The van der Waals surface area contributed by atoms with E-state index in [0.717, 1.165) is 42.3 Å². The van der Waals surface area contributed by atoms with Gasteiger partial charge < -0.3 is 19.3 Å². The summed E-state index contributed by atoms with van der Waals surface area (Å²) in [5, 5.41) is 10.5. The van der Waals surface area contributed by atoms with Crippen molar-refractivity contribution in [3.63, 3.8) is 0 Å². The molecule has 0 aliphatic carbocycles. The van der Waals surface area contributed by atoms with Gasteiger partial charge in [-0.05, 0) is 52.9 Å². The molecule has 0 fully saturated rings. The number of hydrogen-bond acceptors (Lipinski definition) is 5. The van der Waals surface area contributed by atoms with Gasteiger partial charge in [-0.25, -0.2) is 0 Å². The fraction of sp³-hybridized carbons (Fsp3) is 0.308. The lowest BCUT2D eigenvalue weighted by Crippen LogP contribution is -2.38. The molecule has 0 amide bonds. The van der Waals surface area contributed by atoms with Crippen molar-refractivity contribution in [3.05, 3.63) is 77.9 Å². The molecule has 0 aromatic heterocycles. The van der Waals surface area contributed by atoms with Gasteiger partial charge in [0, 0.05) is 19.6 Å². The number of nitrogens with zero attached hydrogens (tertiary/aromatic N) is 1. The number of aliphatic hydroxyl groups is 1. The van der Waals surface area contributed by atoms with Crippen LogP contribution in [0.25, 0.3) is 11.1 Å². The number of aliphatic hydroxyl groups excluding tert-OH is 1. The first-order chi connectivity index (χ1) is 15.2. The first-order valence-corrected chi connectivity index (χ1v) is 10.6. The van der Waals surface area contributed by atoms with E-state index in [4.69, 9.17) is 14.2 Å². The van der Waals surface area contributed by atoms with Crippen molar-refractivity contribution in [2.75, 3.05) is 33.9 Å². The third-order valence-electron chi connectivity index (χ3n) is 5.67. The second-order valence-corrected chi connectivity index (χ2v) is 7.82. The van der Waals surface area contributed by atoms with Crippen LogP contribution >= 0.6 is 0 Å². The molecule has 0 radical (unpaired) electrons. The van der Waals surface area contributed by atoms with Gasteiger partial charge in [-0.2, -0.15) is 0 Å². The lowest BCUT2D eigenvalue weighted by molar-refractivity contribution is 0.0637. The molecule has 1 aliphatic rings. The van der Waals surface area contributed by atoms with E-state index in [1.54, 1.807) is 14.2 Å². The Morgan fingerprint density at radius 3 is 2.19 bits per heavy atom. The van der Waals surface area contributed by atoms with E-state index in [9.17, 15) is 5.11 Å². The van der Waals surface area contributed by atoms with Crippen LogP contribution in [0.5, 0.6) is 17.2 Å². The normalized spacial score (nSPS) is 14.5. The van der Waals surface area contributed by atoms with Crippen LogP contribution < -0.4 is 14.2 Å². The second-order valence-electron chi connectivity index (χ2n) is 7.82. The molecule has 1 aliphatic heterocycles. The SMILES string of the molecule is COc1cc2c(cc1OC)CN(C[C@H](O)COc1ccc(-c3ccccc3)cc1)CC2. The highest BCUT2D eigenvalue weighted by Crippen LogP contribution is 2.33. The number of ether oxygens (including phenoxy) is 3. The Labute approximate surface area is 183 Å². The predicted octanol–water partition coefficient (Wildman–Crippen LogP) is 4.17. The molecule has 0 bridgehead atoms. The van der Waals surface area contributed by atoms with E-state index in [2.05, 4.69) is 23.1 Å². The molecule has 1 heterocycles. The lowest BCUT2D eigenvalue weighted by Gasteiger charge is -2.31. The molecule has 31 heavy (non-hydrogen) atoms. The molecule has 0 spiro atoms. The van der Waals surface area contributed by atoms with Gasteiger partial charge in [0.2, 0.25) is 0 Å². The molecule has 5 heteroatoms. The highest BCUT2D eigenvalue weighted by Gasteiger charge is 2.21. The highest BCUT2D eigenvalue weighted by molar-refractivity contribution is 5.63. The monoisotopic (exact) mass is 419 g/mol. The minimum atomic E-state index is -0.560. The van der Waals surface area contributed by atoms with E-state index in [0.29, 0.717) is 6.54 Å². The number of fused-ring (bicyclic) bond motifs is 1. The molecule has 4 rings (SSSR count). The molecule has 0 saturated carbocycles. The Balaban J connectivity index is 1.30. The van der Waals surface area contributed by atoms with Crippen LogP contribution in [0, 0.1) is 0 Å². The fourth-order valence-electron chi connectivity index (χ4n) is 4.01. The summed E-state index contributed by atoms with van der Waals surface area (Å²) in [4.78, 5) is 2.25. The average Bonchev–Trinajstić information content (AvgIpc) is 2.82. The standard InChI is InChI=1S/C26H29NO4/c1-29-25-14-21-12-13-27(16-22(21)15-26(25)30-2)17-23(28)18-31-24-10-8-20(9-11-24)19-6-4-3-5-7-19/h3-11,14-15,23,28H,12-13,16-18H2,1-2H3/t23-/m0/s1. The van der Waals surface area contributed by atoms with Crippen LogP contribution in [0.2, 0.25) is 0 Å². The average molecular weight is 420 g/mol. The minimum absolute atomic E-state index is 0.264. The van der Waals surface area contributed by atoms with Gasteiger partial charge in [-0.3, -0.25) is 4.90 Å². The summed E-state index contributed by atoms with van der Waals surface area (Å²) in [6, 6.07) is 22.3. The first-order valence-electron chi connectivity index (χ1n) is 10.6. The quantitative estimate of drug-likeness (QED) is 0.594. The molecule has 5 nitrogen and oxygen atoms in total. The van der Waals surface area contributed by atoms with E-state index in [1.807, 2.05) is 48.5 Å². The Hall–Kier alpha value is -3.02. The summed E-state index contributed by atoms with van der Waals surface area (Å²) in [6.07, 6.45) is 0.361. The van der Waals surface area contributed by atoms with Crippen LogP contribution in [-0.4, -0.2) is 50.0 Å².